The fourth-order valence-corrected chi connectivity index (χ4v) is 2.92. The highest BCUT2D eigenvalue weighted by atomic mass is 16.2. The number of aromatic amines is 1. The van der Waals surface area contributed by atoms with Gasteiger partial charge in [-0.1, -0.05) is 0 Å². The van der Waals surface area contributed by atoms with Gasteiger partial charge in [0.05, 0.1) is 17.6 Å². The number of carbonyl (C=O) groups excluding carboxylic acids is 2. The van der Waals surface area contributed by atoms with Gasteiger partial charge in [-0.3, -0.25) is 9.59 Å². The first-order valence-electron chi connectivity index (χ1n) is 5.88. The number of rotatable bonds is 1. The molecule has 1 aromatic heterocycles. The predicted octanol–water partition coefficient (Wildman–Crippen LogP) is 0.460. The molecular formula is C12H15N3O2. The molecule has 1 aromatic rings. The van der Waals surface area contributed by atoms with E-state index >= 15 is 0 Å². The Hall–Kier alpha value is -1.78. The van der Waals surface area contributed by atoms with Gasteiger partial charge in [0.15, 0.2) is 0 Å². The fraction of sp³-hybridized carbons (Fsp3) is 0.500. The maximum atomic E-state index is 12.2. The molecule has 0 saturated carbocycles. The van der Waals surface area contributed by atoms with Crippen molar-refractivity contribution in [3.8, 4) is 0 Å². The molecule has 0 aliphatic carbocycles. The van der Waals surface area contributed by atoms with Crippen LogP contribution in [0.4, 0.5) is 0 Å². The number of amides is 2. The van der Waals surface area contributed by atoms with E-state index in [1.54, 1.807) is 23.4 Å². The number of likely N-dealkylation sites (N-methyl/N-ethyl adjacent to an activating group) is 1. The van der Waals surface area contributed by atoms with Gasteiger partial charge in [-0.25, -0.2) is 0 Å². The zero-order valence-corrected chi connectivity index (χ0v) is 9.72. The van der Waals surface area contributed by atoms with Crippen molar-refractivity contribution in [3.63, 3.8) is 0 Å². The van der Waals surface area contributed by atoms with Crippen molar-refractivity contribution in [3.05, 3.63) is 24.0 Å². The Labute approximate surface area is 99.4 Å². The van der Waals surface area contributed by atoms with Crippen LogP contribution in [0.1, 0.15) is 23.2 Å². The smallest absolute Gasteiger partial charge is 0.255 e. The van der Waals surface area contributed by atoms with Crippen LogP contribution in [0, 0.1) is 0 Å². The number of hydrogen-bond donors (Lipinski definition) is 1. The predicted molar refractivity (Wildman–Crippen MR) is 61.4 cm³/mol. The van der Waals surface area contributed by atoms with E-state index in [2.05, 4.69) is 4.98 Å². The lowest BCUT2D eigenvalue weighted by Crippen LogP contribution is -2.38. The molecule has 0 spiro atoms. The van der Waals surface area contributed by atoms with E-state index in [9.17, 15) is 9.59 Å². The highest BCUT2D eigenvalue weighted by Gasteiger charge is 2.46. The number of hydrogen-bond acceptors (Lipinski definition) is 2. The summed E-state index contributed by atoms with van der Waals surface area (Å²) in [5.41, 5.74) is 0.674. The van der Waals surface area contributed by atoms with Crippen molar-refractivity contribution in [2.75, 3.05) is 13.6 Å². The standard InChI is InChI=1S/C12H15N3O2/c1-14-9-3-5-15(10(9)6-11(14)16)12(17)8-2-4-13-7-8/h2,4,7,9-10,13H,3,5-6H2,1H3/t9-,10-/m0/s1. The van der Waals surface area contributed by atoms with Crippen LogP contribution in [-0.4, -0.2) is 52.3 Å². The summed E-state index contributed by atoms with van der Waals surface area (Å²) in [6.07, 6.45) is 4.81. The van der Waals surface area contributed by atoms with E-state index in [1.165, 1.54) is 0 Å². The number of fused-ring (bicyclic) bond motifs is 1. The second-order valence-electron chi connectivity index (χ2n) is 4.73. The molecule has 2 fully saturated rings. The third kappa shape index (κ3) is 1.45. The molecule has 0 bridgehead atoms. The van der Waals surface area contributed by atoms with Gasteiger partial charge in [0, 0.05) is 32.4 Å². The van der Waals surface area contributed by atoms with E-state index in [0.717, 1.165) is 13.0 Å². The number of nitrogens with zero attached hydrogens (tertiary/aromatic N) is 2. The Kier molecular flexibility index (Phi) is 2.21. The first kappa shape index (κ1) is 10.4. The van der Waals surface area contributed by atoms with E-state index in [0.29, 0.717) is 12.0 Å². The number of nitrogens with one attached hydrogen (secondary N) is 1. The van der Waals surface area contributed by atoms with Crippen molar-refractivity contribution in [2.45, 2.75) is 24.9 Å². The molecule has 2 saturated heterocycles. The lowest BCUT2D eigenvalue weighted by Gasteiger charge is -2.23. The topological polar surface area (TPSA) is 56.4 Å². The highest BCUT2D eigenvalue weighted by Crippen LogP contribution is 2.32. The molecule has 2 amide bonds. The summed E-state index contributed by atoms with van der Waals surface area (Å²) >= 11 is 0. The molecule has 0 unspecified atom stereocenters. The average Bonchev–Trinajstić information content (AvgIpc) is 2.99. The Balaban J connectivity index is 1.83. The third-order valence-corrected chi connectivity index (χ3v) is 3.89. The van der Waals surface area contributed by atoms with Crippen LogP contribution in [0.15, 0.2) is 18.5 Å². The summed E-state index contributed by atoms with van der Waals surface area (Å²) in [4.78, 5) is 30.4. The summed E-state index contributed by atoms with van der Waals surface area (Å²) in [7, 11) is 1.83. The van der Waals surface area contributed by atoms with Gasteiger partial charge in [0.2, 0.25) is 5.91 Å². The normalized spacial score (nSPS) is 27.7. The largest absolute Gasteiger partial charge is 0.367 e. The van der Waals surface area contributed by atoms with Gasteiger partial charge >= 0.3 is 0 Å². The maximum absolute atomic E-state index is 12.2. The number of aromatic nitrogens is 1. The summed E-state index contributed by atoms with van der Waals surface area (Å²) in [5.74, 6) is 0.174. The van der Waals surface area contributed by atoms with Gasteiger partial charge in [-0.15, -0.1) is 0 Å². The lowest BCUT2D eigenvalue weighted by atomic mass is 10.1. The first-order valence-corrected chi connectivity index (χ1v) is 5.88. The maximum Gasteiger partial charge on any atom is 0.255 e. The molecule has 5 nitrogen and oxygen atoms in total. The van der Waals surface area contributed by atoms with Gasteiger partial charge in [-0.05, 0) is 12.5 Å². The lowest BCUT2D eigenvalue weighted by molar-refractivity contribution is -0.127. The zero-order valence-electron chi connectivity index (χ0n) is 9.72. The van der Waals surface area contributed by atoms with E-state index in [4.69, 9.17) is 0 Å². The number of likely N-dealkylation sites (tertiary alicyclic amines) is 2. The van der Waals surface area contributed by atoms with Crippen LogP contribution in [0.5, 0.6) is 0 Å². The van der Waals surface area contributed by atoms with Gasteiger partial charge in [0.25, 0.3) is 5.91 Å². The molecule has 17 heavy (non-hydrogen) atoms. The Morgan fingerprint density at radius 3 is 3.00 bits per heavy atom. The van der Waals surface area contributed by atoms with Crippen molar-refractivity contribution in [1.29, 1.82) is 0 Å². The second-order valence-corrected chi connectivity index (χ2v) is 4.73. The molecule has 5 heteroatoms. The summed E-state index contributed by atoms with van der Waals surface area (Å²) < 4.78 is 0. The Bertz CT molecular complexity index is 454. The van der Waals surface area contributed by atoms with Crippen LogP contribution >= 0.6 is 0 Å². The van der Waals surface area contributed by atoms with Crippen molar-refractivity contribution in [1.82, 2.24) is 14.8 Å². The minimum Gasteiger partial charge on any atom is -0.367 e. The molecule has 1 N–H and O–H groups in total. The molecule has 3 heterocycles. The minimum absolute atomic E-state index is 0.0295. The van der Waals surface area contributed by atoms with Crippen LogP contribution in [0.25, 0.3) is 0 Å². The monoisotopic (exact) mass is 233 g/mol. The van der Waals surface area contributed by atoms with E-state index in [-0.39, 0.29) is 23.9 Å². The molecule has 3 rings (SSSR count). The SMILES string of the molecule is CN1C(=O)C[C@H]2[C@@H]1CCN2C(=O)c1cc[nH]c1. The summed E-state index contributed by atoms with van der Waals surface area (Å²) in [6, 6.07) is 2.05. The van der Waals surface area contributed by atoms with Crippen molar-refractivity contribution < 1.29 is 9.59 Å². The minimum atomic E-state index is 0.0295. The second kappa shape index (κ2) is 3.61. The van der Waals surface area contributed by atoms with E-state index in [1.807, 2.05) is 11.9 Å². The molecule has 2 atom stereocenters. The highest BCUT2D eigenvalue weighted by molar-refractivity contribution is 5.95. The Morgan fingerprint density at radius 2 is 2.29 bits per heavy atom. The van der Waals surface area contributed by atoms with Gasteiger partial charge < -0.3 is 14.8 Å². The zero-order chi connectivity index (χ0) is 12.0. The number of carbonyl (C=O) groups is 2. The fourth-order valence-electron chi connectivity index (χ4n) is 2.92. The molecule has 90 valence electrons. The quantitative estimate of drug-likeness (QED) is 0.766. The van der Waals surface area contributed by atoms with Crippen LogP contribution in [0.2, 0.25) is 0 Å². The van der Waals surface area contributed by atoms with Gasteiger partial charge in [0.1, 0.15) is 0 Å². The van der Waals surface area contributed by atoms with E-state index < -0.39 is 0 Å². The molecule has 0 aromatic carbocycles. The summed E-state index contributed by atoms with van der Waals surface area (Å²) in [6.45, 7) is 0.747. The van der Waals surface area contributed by atoms with Crippen LogP contribution < -0.4 is 0 Å². The summed E-state index contributed by atoms with van der Waals surface area (Å²) in [5, 5.41) is 0. The third-order valence-electron chi connectivity index (χ3n) is 3.89. The first-order chi connectivity index (χ1) is 8.18. The van der Waals surface area contributed by atoms with Crippen molar-refractivity contribution >= 4 is 11.8 Å². The van der Waals surface area contributed by atoms with Gasteiger partial charge in [-0.2, -0.15) is 0 Å². The molecular weight excluding hydrogens is 218 g/mol. The Morgan fingerprint density at radius 1 is 1.47 bits per heavy atom. The number of H-pyrrole nitrogens is 1. The average molecular weight is 233 g/mol. The van der Waals surface area contributed by atoms with Crippen LogP contribution in [-0.2, 0) is 4.79 Å². The van der Waals surface area contributed by atoms with Crippen LogP contribution in [0.3, 0.4) is 0 Å². The van der Waals surface area contributed by atoms with Crippen molar-refractivity contribution in [2.24, 2.45) is 0 Å². The molecule has 2 aliphatic rings. The molecule has 0 radical (unpaired) electrons. The molecule has 2 aliphatic heterocycles.